The molecule has 0 spiro atoms. The summed E-state index contributed by atoms with van der Waals surface area (Å²) in [6.07, 6.45) is 4.41. The Hall–Kier alpha value is -2.62. The van der Waals surface area contributed by atoms with Crippen molar-refractivity contribution in [3.8, 4) is 5.69 Å². The number of tetrazole rings is 1. The summed E-state index contributed by atoms with van der Waals surface area (Å²) < 4.78 is 1.60. The number of benzene rings is 1. The molecule has 1 fully saturated rings. The van der Waals surface area contributed by atoms with E-state index in [9.17, 15) is 9.59 Å². The van der Waals surface area contributed by atoms with Crippen LogP contribution in [0, 0.1) is 5.92 Å². The number of hydrogen-bond donors (Lipinski definition) is 3. The van der Waals surface area contributed by atoms with Gasteiger partial charge in [0, 0.05) is 11.7 Å². The molecule has 1 heterocycles. The molecule has 1 saturated carbocycles. The van der Waals surface area contributed by atoms with Gasteiger partial charge in [-0.2, -0.15) is 4.68 Å². The third kappa shape index (κ3) is 4.31. The predicted molar refractivity (Wildman–Crippen MR) is 96.5 cm³/mol. The second kappa shape index (κ2) is 8.17. The van der Waals surface area contributed by atoms with E-state index in [0.29, 0.717) is 36.5 Å². The molecule has 138 valence electrons. The number of carboxylic acids is 1. The molecule has 26 heavy (non-hydrogen) atoms. The molecule has 1 aliphatic carbocycles. The quantitative estimate of drug-likeness (QED) is 0.683. The van der Waals surface area contributed by atoms with Crippen molar-refractivity contribution in [2.24, 2.45) is 5.92 Å². The van der Waals surface area contributed by atoms with E-state index in [1.807, 2.05) is 18.4 Å². The highest BCUT2D eigenvalue weighted by molar-refractivity contribution is 7.98. The zero-order valence-electron chi connectivity index (χ0n) is 14.3. The van der Waals surface area contributed by atoms with Gasteiger partial charge in [0.1, 0.15) is 0 Å². The van der Waals surface area contributed by atoms with Crippen molar-refractivity contribution in [3.05, 3.63) is 24.3 Å². The highest BCUT2D eigenvalue weighted by Gasteiger charge is 2.26. The number of nitrogens with one attached hydrogen (secondary N) is 2. The van der Waals surface area contributed by atoms with Gasteiger partial charge in [0.25, 0.3) is 0 Å². The molecule has 0 saturated heterocycles. The number of aromatic nitrogens is 4. The average Bonchev–Trinajstić information content (AvgIpc) is 3.11. The molecule has 0 bridgehead atoms. The number of rotatable bonds is 5. The minimum atomic E-state index is -0.753. The van der Waals surface area contributed by atoms with Crippen molar-refractivity contribution >= 4 is 29.4 Å². The molecule has 1 aliphatic rings. The molecule has 0 radical (unpaired) electrons. The van der Waals surface area contributed by atoms with Crippen LogP contribution in [0.5, 0.6) is 0 Å². The first-order valence-corrected chi connectivity index (χ1v) is 9.52. The maximum Gasteiger partial charge on any atom is 0.319 e. The van der Waals surface area contributed by atoms with E-state index < -0.39 is 5.97 Å². The van der Waals surface area contributed by atoms with Crippen LogP contribution >= 0.6 is 11.8 Å². The third-order valence-electron chi connectivity index (χ3n) is 4.38. The van der Waals surface area contributed by atoms with Crippen LogP contribution in [0.1, 0.15) is 25.7 Å². The van der Waals surface area contributed by atoms with Crippen molar-refractivity contribution in [3.63, 3.8) is 0 Å². The summed E-state index contributed by atoms with van der Waals surface area (Å²) in [6, 6.07) is 6.94. The molecule has 2 aromatic rings. The molecule has 1 aromatic heterocycles. The fourth-order valence-corrected chi connectivity index (χ4v) is 3.45. The first kappa shape index (κ1) is 18.2. The van der Waals surface area contributed by atoms with Gasteiger partial charge in [0.2, 0.25) is 5.16 Å². The molecule has 0 aliphatic heterocycles. The summed E-state index contributed by atoms with van der Waals surface area (Å²) in [5, 5.41) is 26.9. The van der Waals surface area contributed by atoms with Crippen LogP contribution < -0.4 is 10.6 Å². The number of aliphatic carboxylic acids is 1. The summed E-state index contributed by atoms with van der Waals surface area (Å²) in [4.78, 5) is 23.2. The largest absolute Gasteiger partial charge is 0.481 e. The van der Waals surface area contributed by atoms with Gasteiger partial charge in [-0.3, -0.25) is 4.79 Å². The van der Waals surface area contributed by atoms with E-state index in [0.717, 1.165) is 5.69 Å². The summed E-state index contributed by atoms with van der Waals surface area (Å²) in [6.45, 7) is 0. The summed E-state index contributed by atoms with van der Waals surface area (Å²) in [5.74, 6) is -1.05. The lowest BCUT2D eigenvalue weighted by Gasteiger charge is -2.26. The Morgan fingerprint density at radius 1 is 1.27 bits per heavy atom. The molecule has 3 rings (SSSR count). The van der Waals surface area contributed by atoms with E-state index in [-0.39, 0.29) is 18.0 Å². The fourth-order valence-electron chi connectivity index (χ4n) is 3.02. The molecule has 0 atom stereocenters. The Morgan fingerprint density at radius 3 is 2.73 bits per heavy atom. The smallest absolute Gasteiger partial charge is 0.319 e. The molecule has 9 nitrogen and oxygen atoms in total. The highest BCUT2D eigenvalue weighted by atomic mass is 32.2. The average molecular weight is 376 g/mol. The van der Waals surface area contributed by atoms with E-state index in [1.165, 1.54) is 11.8 Å². The van der Waals surface area contributed by atoms with Crippen LogP contribution in [0.4, 0.5) is 10.5 Å². The molecular formula is C16H20N6O3S. The van der Waals surface area contributed by atoms with Gasteiger partial charge in [-0.25, -0.2) is 4.79 Å². The van der Waals surface area contributed by atoms with Gasteiger partial charge in [0.05, 0.1) is 11.6 Å². The first-order valence-electron chi connectivity index (χ1n) is 8.30. The number of nitrogens with zero attached hydrogens (tertiary/aromatic N) is 4. The molecule has 1 aromatic carbocycles. The predicted octanol–water partition coefficient (Wildman–Crippen LogP) is 2.15. The van der Waals surface area contributed by atoms with E-state index in [1.54, 1.807) is 16.8 Å². The first-order chi connectivity index (χ1) is 12.6. The SMILES string of the molecule is CSc1nnnn1-c1cccc(NC(=O)NC2CCC(C(=O)O)CC2)c1. The summed E-state index contributed by atoms with van der Waals surface area (Å²) in [7, 11) is 0. The Bertz CT molecular complexity index is 788. The lowest BCUT2D eigenvalue weighted by Crippen LogP contribution is -2.41. The molecule has 0 unspecified atom stereocenters. The van der Waals surface area contributed by atoms with Crippen molar-refractivity contribution in [2.45, 2.75) is 36.9 Å². The Morgan fingerprint density at radius 2 is 2.04 bits per heavy atom. The van der Waals surface area contributed by atoms with Crippen molar-refractivity contribution in [1.82, 2.24) is 25.5 Å². The van der Waals surface area contributed by atoms with Crippen LogP contribution in [-0.2, 0) is 4.79 Å². The molecule has 10 heteroatoms. The standard InChI is InChI=1S/C16H20N6O3S/c1-26-16-19-20-21-22(16)13-4-2-3-12(9-13)18-15(25)17-11-7-5-10(6-8-11)14(23)24/h2-4,9-11H,5-8H2,1H3,(H,23,24)(H2,17,18,25). The van der Waals surface area contributed by atoms with Gasteiger partial charge in [-0.1, -0.05) is 17.8 Å². The summed E-state index contributed by atoms with van der Waals surface area (Å²) in [5.41, 5.74) is 1.38. The lowest BCUT2D eigenvalue weighted by molar-refractivity contribution is -0.142. The number of amides is 2. The second-order valence-electron chi connectivity index (χ2n) is 6.11. The second-order valence-corrected chi connectivity index (χ2v) is 6.89. The minimum absolute atomic E-state index is 0.00334. The molecule has 2 amide bonds. The maximum atomic E-state index is 12.2. The van der Waals surface area contributed by atoms with Crippen LogP contribution in [0.2, 0.25) is 0 Å². The van der Waals surface area contributed by atoms with Gasteiger partial charge >= 0.3 is 12.0 Å². The van der Waals surface area contributed by atoms with Gasteiger partial charge in [0.15, 0.2) is 0 Å². The number of carbonyl (C=O) groups excluding carboxylic acids is 1. The third-order valence-corrected chi connectivity index (χ3v) is 5.00. The number of urea groups is 1. The number of thioether (sulfide) groups is 1. The molecular weight excluding hydrogens is 356 g/mol. The Balaban J connectivity index is 1.58. The lowest BCUT2D eigenvalue weighted by atomic mass is 9.86. The van der Waals surface area contributed by atoms with Gasteiger partial charge in [-0.15, -0.1) is 5.10 Å². The van der Waals surface area contributed by atoms with Crippen molar-refractivity contribution in [1.29, 1.82) is 0 Å². The van der Waals surface area contributed by atoms with Crippen LogP contribution in [0.3, 0.4) is 0 Å². The van der Waals surface area contributed by atoms with Crippen LogP contribution in [-0.4, -0.2) is 49.6 Å². The van der Waals surface area contributed by atoms with Crippen molar-refractivity contribution < 1.29 is 14.7 Å². The number of anilines is 1. The van der Waals surface area contributed by atoms with Gasteiger partial charge in [-0.05, 0) is 60.6 Å². The van der Waals surface area contributed by atoms with E-state index in [2.05, 4.69) is 26.2 Å². The Labute approximate surface area is 154 Å². The zero-order chi connectivity index (χ0) is 18.5. The molecule has 3 N–H and O–H groups in total. The minimum Gasteiger partial charge on any atom is -0.481 e. The number of carbonyl (C=O) groups is 2. The zero-order valence-corrected chi connectivity index (χ0v) is 15.1. The monoisotopic (exact) mass is 376 g/mol. The maximum absolute atomic E-state index is 12.2. The van der Waals surface area contributed by atoms with Crippen LogP contribution in [0.25, 0.3) is 5.69 Å². The van der Waals surface area contributed by atoms with Crippen LogP contribution in [0.15, 0.2) is 29.4 Å². The topological polar surface area (TPSA) is 122 Å². The van der Waals surface area contributed by atoms with Gasteiger partial charge < -0.3 is 15.7 Å². The number of carboxylic acid groups (broad SMARTS) is 1. The Kier molecular flexibility index (Phi) is 5.71. The van der Waals surface area contributed by atoms with E-state index >= 15 is 0 Å². The fraction of sp³-hybridized carbons (Fsp3) is 0.438. The van der Waals surface area contributed by atoms with E-state index in [4.69, 9.17) is 5.11 Å². The highest BCUT2D eigenvalue weighted by Crippen LogP contribution is 2.24. The van der Waals surface area contributed by atoms with Crippen molar-refractivity contribution in [2.75, 3.05) is 11.6 Å². The normalized spacial score (nSPS) is 19.7. The number of hydrogen-bond acceptors (Lipinski definition) is 6. The summed E-state index contributed by atoms with van der Waals surface area (Å²) >= 11 is 1.43.